The van der Waals surface area contributed by atoms with Crippen LogP contribution in [-0.2, 0) is 24.0 Å². The Labute approximate surface area is 331 Å². The number of carbonyl (C=O) groups excluding carboxylic acids is 6. The molecule has 1 unspecified atom stereocenters. The fraction of sp³-hybridized carbons (Fsp3) is 0.810. The van der Waals surface area contributed by atoms with Gasteiger partial charge < -0.3 is 26.2 Å². The molecular weight excluding hydrogens is 727 g/mol. The molecule has 0 aromatic heterocycles. The van der Waals surface area contributed by atoms with Crippen molar-refractivity contribution in [2.24, 2.45) is 28.6 Å². The monoisotopic (exact) mass is 793 g/mol. The Morgan fingerprint density at radius 3 is 2.02 bits per heavy atom. The Morgan fingerprint density at radius 1 is 0.821 bits per heavy atom. The van der Waals surface area contributed by atoms with Crippen molar-refractivity contribution in [3.8, 4) is 12.3 Å². The first-order chi connectivity index (χ1) is 26.2. The van der Waals surface area contributed by atoms with Crippen LogP contribution in [0.2, 0.25) is 0 Å². The second kappa shape index (κ2) is 20.7. The molecule has 1 aliphatic heterocycles. The van der Waals surface area contributed by atoms with E-state index in [1.165, 1.54) is 4.90 Å². The van der Waals surface area contributed by atoms with Crippen LogP contribution in [0.4, 0.5) is 18.0 Å². The van der Waals surface area contributed by atoms with Crippen molar-refractivity contribution >= 4 is 35.3 Å². The number of unbranched alkanes of at least 4 members (excludes halogenated alkanes) is 5. The number of nitrogens with one attached hydrogen (secondary N) is 4. The Kier molecular flexibility index (Phi) is 17.3. The van der Waals surface area contributed by atoms with E-state index in [1.807, 2.05) is 5.32 Å². The molecular formula is C42H66F3N5O6. The van der Waals surface area contributed by atoms with Crippen molar-refractivity contribution in [3.05, 3.63) is 0 Å². The van der Waals surface area contributed by atoms with E-state index >= 15 is 0 Å². The number of hydrogen-bond donors (Lipinski definition) is 4. The molecule has 0 spiro atoms. The molecule has 3 rings (SSSR count). The van der Waals surface area contributed by atoms with Crippen molar-refractivity contribution in [2.45, 2.75) is 175 Å². The molecule has 5 atom stereocenters. The third kappa shape index (κ3) is 13.8. The molecule has 1 heterocycles. The Morgan fingerprint density at radius 2 is 1.45 bits per heavy atom. The van der Waals surface area contributed by atoms with Crippen LogP contribution in [0.3, 0.4) is 0 Å². The van der Waals surface area contributed by atoms with Crippen LogP contribution in [0, 0.1) is 40.9 Å². The average molecular weight is 794 g/mol. The molecule has 0 aromatic rings. The van der Waals surface area contributed by atoms with Crippen molar-refractivity contribution in [2.75, 3.05) is 13.1 Å². The Balaban J connectivity index is 1.87. The molecule has 2 aliphatic carbocycles. The number of rotatable bonds is 20. The average Bonchev–Trinajstić information content (AvgIpc) is 3.89. The number of alkyl halides is 3. The molecule has 316 valence electrons. The van der Waals surface area contributed by atoms with Crippen molar-refractivity contribution in [1.29, 1.82) is 0 Å². The molecule has 5 amide bonds. The van der Waals surface area contributed by atoms with Crippen LogP contribution in [0.5, 0.6) is 0 Å². The van der Waals surface area contributed by atoms with Gasteiger partial charge >= 0.3 is 12.2 Å². The van der Waals surface area contributed by atoms with Crippen molar-refractivity contribution in [3.63, 3.8) is 0 Å². The SMILES string of the molecule is C#CC(C)(C)[C@H]1CCN(C(=O)[C@@H](NC(=O)N[C@H](C(=O)C2CC2)C2CCCCC2)C(C)(C)C)[C@@H]1C(=O)NC(CCCCCCCC)C(=O)C(=O)NCCC(F)(F)F. The molecule has 3 fully saturated rings. The molecule has 14 heteroatoms. The molecule has 0 radical (unpaired) electrons. The summed E-state index contributed by atoms with van der Waals surface area (Å²) in [5.41, 5.74) is -1.75. The zero-order chi connectivity index (χ0) is 41.8. The van der Waals surface area contributed by atoms with E-state index < -0.39 is 89.6 Å². The number of hydrogen-bond acceptors (Lipinski definition) is 6. The summed E-state index contributed by atoms with van der Waals surface area (Å²) in [6.07, 6.45) is 11.9. The van der Waals surface area contributed by atoms with Crippen molar-refractivity contribution < 1.29 is 41.9 Å². The van der Waals surface area contributed by atoms with Crippen molar-refractivity contribution in [1.82, 2.24) is 26.2 Å². The maximum Gasteiger partial charge on any atom is 0.390 e. The minimum atomic E-state index is -4.54. The van der Waals surface area contributed by atoms with Crippen LogP contribution in [0.1, 0.15) is 144 Å². The quantitative estimate of drug-likeness (QED) is 0.0638. The standard InChI is InChI=1S/C42H66F3N5O6/c1-8-10-11-12-13-17-20-30(34(52)37(54)46-25-24-42(43,44)45)47-36(53)32-29(41(6,7)9-2)23-26-50(32)38(55)35(40(3,4)5)49-39(56)48-31(33(51)28-21-22-28)27-18-15-14-16-19-27/h2,27-32,35H,8,10-26H2,1,3-7H3,(H,46,54)(H,47,53)(H2,48,49,56)/t29-,30?,31-,32-,35+/m0/s1. The highest BCUT2D eigenvalue weighted by atomic mass is 19.4. The molecule has 1 saturated heterocycles. The van der Waals surface area contributed by atoms with E-state index in [2.05, 4.69) is 28.8 Å². The fourth-order valence-corrected chi connectivity index (χ4v) is 8.08. The lowest BCUT2D eigenvalue weighted by Gasteiger charge is -2.38. The van der Waals surface area contributed by atoms with Crippen LogP contribution < -0.4 is 21.3 Å². The predicted octanol–water partition coefficient (Wildman–Crippen LogP) is 6.38. The highest BCUT2D eigenvalue weighted by Crippen LogP contribution is 2.40. The summed E-state index contributed by atoms with van der Waals surface area (Å²) in [7, 11) is 0. The minimum absolute atomic E-state index is 0.0171. The maximum atomic E-state index is 14.6. The van der Waals surface area contributed by atoms with E-state index in [-0.39, 0.29) is 30.6 Å². The Bertz CT molecular complexity index is 1430. The van der Waals surface area contributed by atoms with Gasteiger partial charge in [0.05, 0.1) is 18.5 Å². The zero-order valence-corrected chi connectivity index (χ0v) is 34.4. The lowest BCUT2D eigenvalue weighted by Crippen LogP contribution is -2.62. The van der Waals surface area contributed by atoms with Gasteiger partial charge in [0, 0.05) is 30.3 Å². The summed E-state index contributed by atoms with van der Waals surface area (Å²) >= 11 is 0. The summed E-state index contributed by atoms with van der Waals surface area (Å²) < 4.78 is 38.4. The number of Topliss-reactive ketones (excluding diaryl/α,β-unsaturated/α-hetero) is 2. The zero-order valence-electron chi connectivity index (χ0n) is 34.4. The van der Waals surface area contributed by atoms with Crippen LogP contribution in [0.25, 0.3) is 0 Å². The molecule has 4 N–H and O–H groups in total. The normalized spacial score (nSPS) is 21.0. The summed E-state index contributed by atoms with van der Waals surface area (Å²) in [5.74, 6) is -1.44. The highest BCUT2D eigenvalue weighted by Gasteiger charge is 2.51. The van der Waals surface area contributed by atoms with E-state index in [0.29, 0.717) is 19.3 Å². The first-order valence-electron chi connectivity index (χ1n) is 20.8. The summed E-state index contributed by atoms with van der Waals surface area (Å²) in [6, 6.07) is -4.98. The number of carbonyl (C=O) groups is 6. The van der Waals surface area contributed by atoms with Gasteiger partial charge in [-0.25, -0.2) is 4.79 Å². The first kappa shape index (κ1) is 46.8. The molecule has 56 heavy (non-hydrogen) atoms. The molecule has 0 aromatic carbocycles. The second-order valence-corrected chi connectivity index (χ2v) is 17.8. The largest absolute Gasteiger partial charge is 0.390 e. The number of nitrogens with zero attached hydrogens (tertiary/aromatic N) is 1. The number of halogens is 3. The van der Waals surface area contributed by atoms with Crippen LogP contribution in [0.15, 0.2) is 0 Å². The fourth-order valence-electron chi connectivity index (χ4n) is 8.08. The van der Waals surface area contributed by atoms with Gasteiger partial charge in [0.15, 0.2) is 5.78 Å². The van der Waals surface area contributed by atoms with Gasteiger partial charge in [0.1, 0.15) is 12.1 Å². The van der Waals surface area contributed by atoms with E-state index in [1.54, 1.807) is 34.6 Å². The van der Waals surface area contributed by atoms with Crippen LogP contribution >= 0.6 is 0 Å². The summed E-state index contributed by atoms with van der Waals surface area (Å²) in [6.45, 7) is 10.3. The van der Waals surface area contributed by atoms with Gasteiger partial charge in [0.2, 0.25) is 17.6 Å². The number of terminal acetylenes is 1. The third-order valence-corrected chi connectivity index (χ3v) is 11.7. The first-order valence-corrected chi connectivity index (χ1v) is 20.8. The predicted molar refractivity (Wildman–Crippen MR) is 208 cm³/mol. The van der Waals surface area contributed by atoms with Crippen LogP contribution in [-0.4, -0.2) is 83.7 Å². The lowest BCUT2D eigenvalue weighted by atomic mass is 9.75. The van der Waals surface area contributed by atoms with Gasteiger partial charge in [-0.05, 0) is 63.7 Å². The molecule has 2 saturated carbocycles. The number of urea groups is 1. The van der Waals surface area contributed by atoms with Gasteiger partial charge in [-0.3, -0.25) is 24.0 Å². The summed E-state index contributed by atoms with van der Waals surface area (Å²) in [4.78, 5) is 83.7. The smallest absolute Gasteiger partial charge is 0.349 e. The van der Waals surface area contributed by atoms with Gasteiger partial charge in [-0.15, -0.1) is 12.3 Å². The maximum absolute atomic E-state index is 14.6. The molecule has 0 bridgehead atoms. The molecule has 11 nitrogen and oxygen atoms in total. The van der Waals surface area contributed by atoms with E-state index in [0.717, 1.165) is 70.6 Å². The van der Waals surface area contributed by atoms with E-state index in [9.17, 15) is 41.9 Å². The van der Waals surface area contributed by atoms with Gasteiger partial charge in [-0.2, -0.15) is 13.2 Å². The number of likely N-dealkylation sites (tertiary alicyclic amines) is 1. The molecule has 3 aliphatic rings. The topological polar surface area (TPSA) is 154 Å². The number of amides is 5. The van der Waals surface area contributed by atoms with E-state index in [4.69, 9.17) is 6.42 Å². The van der Waals surface area contributed by atoms with Gasteiger partial charge in [0.25, 0.3) is 5.91 Å². The number of ketones is 2. The van der Waals surface area contributed by atoms with Gasteiger partial charge in [-0.1, -0.05) is 85.5 Å². The summed E-state index contributed by atoms with van der Waals surface area (Å²) in [5, 5.41) is 10.5. The minimum Gasteiger partial charge on any atom is -0.349 e. The Hall–Kier alpha value is -3.63. The lowest BCUT2D eigenvalue weighted by molar-refractivity contribution is -0.146. The second-order valence-electron chi connectivity index (χ2n) is 17.8. The highest BCUT2D eigenvalue weighted by molar-refractivity contribution is 6.38. The third-order valence-electron chi connectivity index (χ3n) is 11.7.